The van der Waals surface area contributed by atoms with Crippen LogP contribution in [0.2, 0.25) is 0 Å². The van der Waals surface area contributed by atoms with E-state index in [1.807, 2.05) is 0 Å². The lowest BCUT2D eigenvalue weighted by Gasteiger charge is -2.26. The third-order valence-corrected chi connectivity index (χ3v) is 2.99. The quantitative estimate of drug-likeness (QED) is 0.633. The van der Waals surface area contributed by atoms with Crippen molar-refractivity contribution in [3.63, 3.8) is 0 Å². The predicted octanol–water partition coefficient (Wildman–Crippen LogP) is 0.782. The Labute approximate surface area is 95.2 Å². The van der Waals surface area contributed by atoms with Crippen LogP contribution in [0.3, 0.4) is 0 Å². The standard InChI is InChI=1S/C11H19NO4/c1-11(10(14)15,8-5-6-8)12-9(13)4-3-7-16-2/h8H,3-7H2,1-2H3,(H,12,13)(H,14,15). The fourth-order valence-corrected chi connectivity index (χ4v) is 1.72. The van der Waals surface area contributed by atoms with Crippen LogP contribution in [0.4, 0.5) is 0 Å². The fraction of sp³-hybridized carbons (Fsp3) is 0.818. The summed E-state index contributed by atoms with van der Waals surface area (Å²) in [6.45, 7) is 2.10. The molecule has 1 aliphatic rings. The summed E-state index contributed by atoms with van der Waals surface area (Å²) in [6, 6.07) is 0. The van der Waals surface area contributed by atoms with Crippen LogP contribution in [0, 0.1) is 5.92 Å². The van der Waals surface area contributed by atoms with Gasteiger partial charge < -0.3 is 15.2 Å². The SMILES string of the molecule is COCCCC(=O)NC(C)(C(=O)O)C1CC1. The highest BCUT2D eigenvalue weighted by atomic mass is 16.5. The number of carbonyl (C=O) groups excluding carboxylic acids is 1. The first kappa shape index (κ1) is 13.0. The average Bonchev–Trinajstić information content (AvgIpc) is 3.00. The molecule has 1 atom stereocenters. The van der Waals surface area contributed by atoms with Crippen molar-refractivity contribution < 1.29 is 19.4 Å². The summed E-state index contributed by atoms with van der Waals surface area (Å²) in [5, 5.41) is 11.7. The van der Waals surface area contributed by atoms with Crippen molar-refractivity contribution in [2.24, 2.45) is 5.92 Å². The second-order valence-corrected chi connectivity index (χ2v) is 4.43. The van der Waals surface area contributed by atoms with Gasteiger partial charge in [-0.15, -0.1) is 0 Å². The van der Waals surface area contributed by atoms with E-state index in [1.165, 1.54) is 0 Å². The zero-order valence-corrected chi connectivity index (χ0v) is 9.78. The van der Waals surface area contributed by atoms with E-state index in [1.54, 1.807) is 14.0 Å². The number of rotatable bonds is 7. The maximum atomic E-state index is 11.5. The molecule has 0 heterocycles. The molecule has 0 aliphatic heterocycles. The first-order valence-electron chi connectivity index (χ1n) is 5.54. The number of ether oxygens (including phenoxy) is 1. The van der Waals surface area contributed by atoms with Gasteiger partial charge in [0.25, 0.3) is 0 Å². The molecule has 1 amide bonds. The number of nitrogens with one attached hydrogen (secondary N) is 1. The van der Waals surface area contributed by atoms with Crippen LogP contribution in [-0.2, 0) is 14.3 Å². The molecule has 1 saturated carbocycles. The Bertz CT molecular complexity index is 275. The Hall–Kier alpha value is -1.10. The zero-order valence-electron chi connectivity index (χ0n) is 9.78. The van der Waals surface area contributed by atoms with Crippen molar-refractivity contribution in [3.05, 3.63) is 0 Å². The van der Waals surface area contributed by atoms with E-state index in [0.29, 0.717) is 19.4 Å². The minimum absolute atomic E-state index is 0.0800. The van der Waals surface area contributed by atoms with Crippen LogP contribution in [0.15, 0.2) is 0 Å². The van der Waals surface area contributed by atoms with Crippen molar-refractivity contribution in [3.8, 4) is 0 Å². The largest absolute Gasteiger partial charge is 0.480 e. The second kappa shape index (κ2) is 5.30. The van der Waals surface area contributed by atoms with Crippen molar-refractivity contribution in [1.82, 2.24) is 5.32 Å². The van der Waals surface area contributed by atoms with Crippen molar-refractivity contribution >= 4 is 11.9 Å². The van der Waals surface area contributed by atoms with Gasteiger partial charge in [0.2, 0.25) is 5.91 Å². The highest BCUT2D eigenvalue weighted by Gasteiger charge is 2.48. The molecule has 1 unspecified atom stereocenters. The number of carboxylic acids is 1. The number of carbonyl (C=O) groups is 2. The lowest BCUT2D eigenvalue weighted by atomic mass is 9.95. The van der Waals surface area contributed by atoms with Crippen LogP contribution < -0.4 is 5.32 Å². The molecular weight excluding hydrogens is 210 g/mol. The Morgan fingerprint density at radius 1 is 1.50 bits per heavy atom. The highest BCUT2D eigenvalue weighted by molar-refractivity contribution is 5.87. The monoisotopic (exact) mass is 229 g/mol. The minimum atomic E-state index is -1.09. The summed E-state index contributed by atoms with van der Waals surface area (Å²) in [7, 11) is 1.57. The lowest BCUT2D eigenvalue weighted by Crippen LogP contribution is -2.54. The molecule has 0 aromatic carbocycles. The Balaban J connectivity index is 2.43. The number of methoxy groups -OCH3 is 1. The zero-order chi connectivity index (χ0) is 12.2. The van der Waals surface area contributed by atoms with Gasteiger partial charge in [-0.3, -0.25) is 4.79 Å². The molecule has 0 radical (unpaired) electrons. The molecule has 2 N–H and O–H groups in total. The van der Waals surface area contributed by atoms with Crippen LogP contribution in [0.25, 0.3) is 0 Å². The van der Waals surface area contributed by atoms with E-state index in [-0.39, 0.29) is 11.8 Å². The predicted molar refractivity (Wildman–Crippen MR) is 58.0 cm³/mol. The summed E-state index contributed by atoms with van der Waals surface area (Å²) in [6.07, 6.45) is 2.68. The molecule has 92 valence electrons. The van der Waals surface area contributed by atoms with Gasteiger partial charge in [-0.05, 0) is 32.1 Å². The van der Waals surface area contributed by atoms with Gasteiger partial charge in [-0.25, -0.2) is 4.79 Å². The molecule has 1 rings (SSSR count). The molecule has 0 saturated heterocycles. The smallest absolute Gasteiger partial charge is 0.329 e. The first-order valence-corrected chi connectivity index (χ1v) is 5.54. The van der Waals surface area contributed by atoms with E-state index in [2.05, 4.69) is 5.32 Å². The maximum absolute atomic E-state index is 11.5. The van der Waals surface area contributed by atoms with Crippen LogP contribution in [-0.4, -0.2) is 36.2 Å². The van der Waals surface area contributed by atoms with Gasteiger partial charge in [0.15, 0.2) is 0 Å². The third-order valence-electron chi connectivity index (χ3n) is 2.99. The number of hydrogen-bond acceptors (Lipinski definition) is 3. The summed E-state index contributed by atoms with van der Waals surface area (Å²) < 4.78 is 4.83. The summed E-state index contributed by atoms with van der Waals surface area (Å²) >= 11 is 0. The first-order chi connectivity index (χ1) is 7.50. The van der Waals surface area contributed by atoms with E-state index < -0.39 is 11.5 Å². The molecule has 0 bridgehead atoms. The maximum Gasteiger partial charge on any atom is 0.329 e. The molecule has 0 aromatic rings. The molecule has 1 aliphatic carbocycles. The summed E-state index contributed by atoms with van der Waals surface area (Å²) in [5.74, 6) is -1.08. The molecule has 0 spiro atoms. The Morgan fingerprint density at radius 3 is 2.56 bits per heavy atom. The number of aliphatic carboxylic acids is 1. The fourth-order valence-electron chi connectivity index (χ4n) is 1.72. The normalized spacial score (nSPS) is 18.9. The van der Waals surface area contributed by atoms with Gasteiger partial charge in [0, 0.05) is 20.1 Å². The van der Waals surface area contributed by atoms with E-state index in [9.17, 15) is 9.59 Å². The third kappa shape index (κ3) is 3.20. The lowest BCUT2D eigenvalue weighted by molar-refractivity contribution is -0.148. The highest BCUT2D eigenvalue weighted by Crippen LogP contribution is 2.39. The number of carboxylic acid groups (broad SMARTS) is 1. The van der Waals surface area contributed by atoms with Crippen LogP contribution >= 0.6 is 0 Å². The van der Waals surface area contributed by atoms with E-state index in [4.69, 9.17) is 9.84 Å². The second-order valence-electron chi connectivity index (χ2n) is 4.43. The molecule has 5 nitrogen and oxygen atoms in total. The molecule has 0 aromatic heterocycles. The molecule has 5 heteroatoms. The van der Waals surface area contributed by atoms with E-state index >= 15 is 0 Å². The van der Waals surface area contributed by atoms with Gasteiger partial charge in [-0.1, -0.05) is 0 Å². The van der Waals surface area contributed by atoms with Crippen molar-refractivity contribution in [1.29, 1.82) is 0 Å². The summed E-state index contributed by atoms with van der Waals surface area (Å²) in [4.78, 5) is 22.7. The van der Waals surface area contributed by atoms with Gasteiger partial charge in [0.1, 0.15) is 5.54 Å². The number of hydrogen-bond donors (Lipinski definition) is 2. The van der Waals surface area contributed by atoms with Gasteiger partial charge >= 0.3 is 5.97 Å². The summed E-state index contributed by atoms with van der Waals surface area (Å²) in [5.41, 5.74) is -1.09. The number of amides is 1. The Morgan fingerprint density at radius 2 is 2.12 bits per heavy atom. The van der Waals surface area contributed by atoms with Crippen LogP contribution in [0.5, 0.6) is 0 Å². The van der Waals surface area contributed by atoms with Crippen molar-refractivity contribution in [2.75, 3.05) is 13.7 Å². The average molecular weight is 229 g/mol. The molecule has 16 heavy (non-hydrogen) atoms. The van der Waals surface area contributed by atoms with Crippen LogP contribution in [0.1, 0.15) is 32.6 Å². The Kier molecular flexibility index (Phi) is 4.29. The van der Waals surface area contributed by atoms with Gasteiger partial charge in [0.05, 0.1) is 0 Å². The molecule has 1 fully saturated rings. The van der Waals surface area contributed by atoms with Gasteiger partial charge in [-0.2, -0.15) is 0 Å². The minimum Gasteiger partial charge on any atom is -0.480 e. The van der Waals surface area contributed by atoms with E-state index in [0.717, 1.165) is 12.8 Å². The topological polar surface area (TPSA) is 75.6 Å². The molecular formula is C11H19NO4. The van der Waals surface area contributed by atoms with Crippen molar-refractivity contribution in [2.45, 2.75) is 38.1 Å².